The summed E-state index contributed by atoms with van der Waals surface area (Å²) in [7, 11) is 0. The minimum atomic E-state index is -0.780. The Morgan fingerprint density at radius 2 is 1.13 bits per heavy atom. The van der Waals surface area contributed by atoms with E-state index >= 15 is 0 Å². The fourth-order valence-corrected chi connectivity index (χ4v) is 5.95. The van der Waals surface area contributed by atoms with Crippen LogP contribution in [0.4, 0.5) is 0 Å². The maximum Gasteiger partial charge on any atom is 0.163 e. The number of hydrogen-bond donors (Lipinski definition) is 0. The summed E-state index contributed by atoms with van der Waals surface area (Å²) in [6, 6.07) is 26.6. The first-order valence-corrected chi connectivity index (χ1v) is 17.0. The van der Waals surface area contributed by atoms with E-state index in [1.54, 1.807) is 0 Å². The Morgan fingerprint density at radius 1 is 0.630 bits per heavy atom. The first kappa shape index (κ1) is 20.9. The van der Waals surface area contributed by atoms with E-state index in [0.29, 0.717) is 29.3 Å². The van der Waals surface area contributed by atoms with E-state index in [2.05, 4.69) is 41.4 Å². The Bertz CT molecular complexity index is 3580. The zero-order valence-electron chi connectivity index (χ0n) is 43.8. The number of aromatic nitrogens is 3. The fraction of sp³-hybridized carbons (Fsp3) is 0.0392. The molecule has 0 aliphatic rings. The average molecular weight is 709 g/mol. The van der Waals surface area contributed by atoms with Crippen LogP contribution in [-0.2, 0) is 6.42 Å². The summed E-state index contributed by atoms with van der Waals surface area (Å²) in [4.78, 5) is 14.1. The summed E-state index contributed by atoms with van der Waals surface area (Å²) in [6.45, 7) is -0.0154. The smallest absolute Gasteiger partial charge is 0.163 e. The minimum Gasteiger partial charge on any atom is -0.213 e. The van der Waals surface area contributed by atoms with Crippen molar-refractivity contribution in [3.05, 3.63) is 210 Å². The molecule has 0 spiro atoms. The van der Waals surface area contributed by atoms with Crippen LogP contribution in [0.1, 0.15) is 33.3 Å². The monoisotopic (exact) mass is 708 g/mol. The molecule has 1 heterocycles. The van der Waals surface area contributed by atoms with Crippen LogP contribution in [0.2, 0.25) is 0 Å². The zero-order chi connectivity index (χ0) is 49.4. The van der Waals surface area contributed by atoms with Gasteiger partial charge in [-0.15, -0.1) is 0 Å². The molecule has 0 unspecified atom stereocenters. The van der Waals surface area contributed by atoms with Crippen molar-refractivity contribution in [2.24, 2.45) is 0 Å². The van der Waals surface area contributed by atoms with Gasteiger partial charge < -0.3 is 0 Å². The summed E-state index contributed by atoms with van der Waals surface area (Å²) in [5.41, 5.74) is 5.09. The van der Waals surface area contributed by atoms with Gasteiger partial charge in [0.1, 0.15) is 5.82 Å². The highest BCUT2D eigenvalue weighted by Gasteiger charge is 2.11. The van der Waals surface area contributed by atoms with Crippen LogP contribution in [0.15, 0.2) is 193 Å². The van der Waals surface area contributed by atoms with Gasteiger partial charge in [-0.25, -0.2) is 15.0 Å². The van der Waals surface area contributed by atoms with E-state index < -0.39 is 90.7 Å². The van der Waals surface area contributed by atoms with Gasteiger partial charge in [-0.3, -0.25) is 0 Å². The zero-order valence-corrected chi connectivity index (χ0v) is 28.8. The van der Waals surface area contributed by atoms with Crippen molar-refractivity contribution in [3.63, 3.8) is 0 Å². The molecule has 3 nitrogen and oxygen atoms in total. The van der Waals surface area contributed by atoms with E-state index in [1.165, 1.54) is 0 Å². The van der Waals surface area contributed by atoms with Gasteiger partial charge in [0, 0.05) is 18.9 Å². The first-order valence-electron chi connectivity index (χ1n) is 24.8. The van der Waals surface area contributed by atoms with Gasteiger partial charge in [-0.05, 0) is 66.7 Å². The van der Waals surface area contributed by atoms with Crippen molar-refractivity contribution in [1.29, 1.82) is 0 Å². The first-order chi connectivity index (χ1) is 33.1. The SMILES string of the molecule is [2H]C=c1\c(=C([2H])/C([2H])=C/C(=C(\[2H])C[2H])C(/[2H])=C(/[2H])Cc2nc(-c3ccccc3)nc(-c3ccc(-c4ccc(-c5ccccc5)cc4)cc3)n2)c2c([2H])c([2H])c([2H])c([2H])c2c2c([2H])c([2H])c([2H])c([2H])c12. The second-order valence-corrected chi connectivity index (χ2v) is 12.1. The molecule has 1 aromatic heterocycles. The van der Waals surface area contributed by atoms with Gasteiger partial charge in [0.15, 0.2) is 11.6 Å². The number of benzene rings is 7. The fourth-order valence-electron chi connectivity index (χ4n) is 5.95. The molecule has 0 aliphatic heterocycles. The lowest BCUT2D eigenvalue weighted by Crippen LogP contribution is -2.24. The van der Waals surface area contributed by atoms with Gasteiger partial charge in [-0.1, -0.05) is 200 Å². The molecule has 0 atom stereocenters. The van der Waals surface area contributed by atoms with Gasteiger partial charge >= 0.3 is 0 Å². The largest absolute Gasteiger partial charge is 0.213 e. The summed E-state index contributed by atoms with van der Waals surface area (Å²) in [5, 5.41) is -2.10. The van der Waals surface area contributed by atoms with Crippen LogP contribution in [-0.4, -0.2) is 15.0 Å². The molecule has 0 N–H and O–H groups in total. The van der Waals surface area contributed by atoms with Crippen LogP contribution in [0.3, 0.4) is 0 Å². The van der Waals surface area contributed by atoms with Gasteiger partial charge in [0.05, 0.1) is 19.2 Å². The van der Waals surface area contributed by atoms with Crippen LogP contribution < -0.4 is 10.4 Å². The molecule has 258 valence electrons. The number of fused-ring (bicyclic) bond motifs is 3. The topological polar surface area (TPSA) is 38.7 Å². The van der Waals surface area contributed by atoms with Crippen LogP contribution in [0.25, 0.3) is 79.2 Å². The molecular weight excluding hydrogens is 655 g/mol. The summed E-state index contributed by atoms with van der Waals surface area (Å²) < 4.78 is 130. The lowest BCUT2D eigenvalue weighted by atomic mass is 9.98. The molecule has 0 fully saturated rings. The lowest BCUT2D eigenvalue weighted by Gasteiger charge is -2.09. The number of hydrogen-bond acceptors (Lipinski definition) is 3. The molecule has 0 aliphatic carbocycles. The van der Waals surface area contributed by atoms with Crippen LogP contribution >= 0.6 is 0 Å². The van der Waals surface area contributed by atoms with Crippen molar-refractivity contribution in [1.82, 2.24) is 15.0 Å². The predicted molar refractivity (Wildman–Crippen MR) is 228 cm³/mol. The van der Waals surface area contributed by atoms with Gasteiger partial charge in [-0.2, -0.15) is 0 Å². The third kappa shape index (κ3) is 7.34. The molecule has 54 heavy (non-hydrogen) atoms. The van der Waals surface area contributed by atoms with Gasteiger partial charge in [0.2, 0.25) is 0 Å². The molecule has 7 aromatic carbocycles. The second kappa shape index (κ2) is 15.7. The van der Waals surface area contributed by atoms with Gasteiger partial charge in [0.25, 0.3) is 0 Å². The molecule has 0 amide bonds. The highest BCUT2D eigenvalue weighted by Crippen LogP contribution is 2.28. The number of nitrogens with zero attached hydrogens (tertiary/aromatic N) is 3. The number of allylic oxidation sites excluding steroid dienone is 6. The third-order valence-electron chi connectivity index (χ3n) is 8.67. The Morgan fingerprint density at radius 3 is 1.72 bits per heavy atom. The van der Waals surface area contributed by atoms with Crippen LogP contribution in [0, 0.1) is 0 Å². The average Bonchev–Trinajstić information content (AvgIpc) is 3.38. The maximum atomic E-state index is 9.30. The lowest BCUT2D eigenvalue weighted by molar-refractivity contribution is 0.947. The number of rotatable bonds is 9. The maximum absolute atomic E-state index is 9.30. The molecule has 8 rings (SSSR count). The molecule has 3 heteroatoms. The summed E-state index contributed by atoms with van der Waals surface area (Å²) in [5.74, 6) is 0.694. The third-order valence-corrected chi connectivity index (χ3v) is 8.67. The molecule has 8 aromatic rings. The van der Waals surface area contributed by atoms with Crippen molar-refractivity contribution < 1.29 is 20.6 Å². The normalized spacial score (nSPS) is 17.6. The van der Waals surface area contributed by atoms with Crippen molar-refractivity contribution in [2.75, 3.05) is 0 Å². The molecule has 0 saturated carbocycles. The molecular formula is C51H39N3. The van der Waals surface area contributed by atoms with E-state index in [4.69, 9.17) is 29.2 Å². The molecule has 0 bridgehead atoms. The Hall–Kier alpha value is -6.97. The highest BCUT2D eigenvalue weighted by atomic mass is 15.0. The Kier molecular flexibility index (Phi) is 6.09. The molecule has 0 saturated heterocycles. The van der Waals surface area contributed by atoms with Crippen molar-refractivity contribution in [2.45, 2.75) is 13.3 Å². The second-order valence-electron chi connectivity index (χ2n) is 12.1. The van der Waals surface area contributed by atoms with E-state index in [0.717, 1.165) is 28.3 Å². The Labute approximate surface area is 337 Å². The van der Waals surface area contributed by atoms with Crippen molar-refractivity contribution >= 4 is 34.2 Å². The van der Waals surface area contributed by atoms with E-state index in [1.807, 2.05) is 72.8 Å². The molecule has 0 radical (unpaired) electrons. The summed E-state index contributed by atoms with van der Waals surface area (Å²) in [6.07, 6.45) is 0.558. The highest BCUT2D eigenvalue weighted by molar-refractivity contribution is 6.08. The van der Waals surface area contributed by atoms with E-state index in [9.17, 15) is 1.37 Å². The minimum absolute atomic E-state index is 0.103. The van der Waals surface area contributed by atoms with Crippen molar-refractivity contribution in [3.8, 4) is 45.0 Å². The Balaban J connectivity index is 1.23. The van der Waals surface area contributed by atoms with Crippen LogP contribution in [0.5, 0.6) is 0 Å². The quantitative estimate of drug-likeness (QED) is 0.111. The predicted octanol–water partition coefficient (Wildman–Crippen LogP) is 11.3. The standard InChI is InChI=1S/C51H39N3/c1-3-37(16-14-26-45-36(2)44-22-10-11-23-46(44)48-25-13-12-24-47(45)48)17-15-27-49-52-50(42-20-8-5-9-21-42)54-51(53-49)43-34-32-41(33-35-43)40-30-28-39(29-31-40)38-18-6-4-7-19-38/h3-26,28-35H,2,27H2,1H3/b16-14+,17-15-,37-3-,45-26+/i1D,2D,3D,10D,11D,12D,13D,14D,15D,17D,22D,23D,24D,25D,26D/b16-14+,17-15-,36-2?,37-3-,45-26+. The summed E-state index contributed by atoms with van der Waals surface area (Å²) >= 11 is 0. The van der Waals surface area contributed by atoms with E-state index in [-0.39, 0.29) is 44.6 Å².